The molecule has 0 aliphatic rings. The van der Waals surface area contributed by atoms with E-state index in [9.17, 15) is 0 Å². The lowest BCUT2D eigenvalue weighted by Crippen LogP contribution is -2.02. The molecule has 0 saturated carbocycles. The quantitative estimate of drug-likeness (QED) is 0.791. The van der Waals surface area contributed by atoms with Crippen LogP contribution in [0.25, 0.3) is 0 Å². The molecule has 1 aromatic rings. The Labute approximate surface area is 105 Å². The highest BCUT2D eigenvalue weighted by molar-refractivity contribution is 9.10. The molecule has 0 saturated heterocycles. The average molecular weight is 320 g/mol. The number of rotatable bonds is 4. The predicted octanol–water partition coefficient (Wildman–Crippen LogP) is 3.68. The first kappa shape index (κ1) is 12.3. The Morgan fingerprint density at radius 1 is 1.50 bits per heavy atom. The third kappa shape index (κ3) is 3.14. The molecule has 7 heteroatoms. The number of ether oxygens (including phenoxy) is 1. The molecule has 0 spiro atoms. The smallest absolute Gasteiger partial charge is 0.181 e. The normalized spacial score (nSPS) is 11.4. The van der Waals surface area contributed by atoms with Crippen LogP contribution in [-0.4, -0.2) is 16.2 Å². The van der Waals surface area contributed by atoms with Gasteiger partial charge >= 0.3 is 0 Å². The molecule has 78 valence electrons. The standard InChI is InChI=1S/C7H6BrCl3N2O/c8-7-12-5(10)6(11)13(7)4-14-3-1-2-9/h1-2H,3-4H2/b2-1+. The zero-order chi connectivity index (χ0) is 10.6. The Kier molecular flexibility index (Phi) is 5.26. The molecule has 0 N–H and O–H groups in total. The van der Waals surface area contributed by atoms with E-state index < -0.39 is 0 Å². The van der Waals surface area contributed by atoms with Crippen molar-refractivity contribution in [3.63, 3.8) is 0 Å². The van der Waals surface area contributed by atoms with Gasteiger partial charge in [0, 0.05) is 5.54 Å². The molecular weight excluding hydrogens is 314 g/mol. The van der Waals surface area contributed by atoms with Crippen molar-refractivity contribution >= 4 is 50.7 Å². The highest BCUT2D eigenvalue weighted by Gasteiger charge is 2.11. The Balaban J connectivity index is 2.58. The SMILES string of the molecule is Cl/C=C/COCn1c(Br)nc(Cl)c1Cl. The van der Waals surface area contributed by atoms with Crippen molar-refractivity contribution in [1.82, 2.24) is 9.55 Å². The summed E-state index contributed by atoms with van der Waals surface area (Å²) in [5.74, 6) is 0. The van der Waals surface area contributed by atoms with Crippen LogP contribution in [0.5, 0.6) is 0 Å². The van der Waals surface area contributed by atoms with Crippen molar-refractivity contribution in [3.05, 3.63) is 26.7 Å². The zero-order valence-electron chi connectivity index (χ0n) is 6.88. The Morgan fingerprint density at radius 3 is 2.71 bits per heavy atom. The number of aromatic nitrogens is 2. The van der Waals surface area contributed by atoms with E-state index in [2.05, 4.69) is 20.9 Å². The summed E-state index contributed by atoms with van der Waals surface area (Å²) in [5, 5.41) is 0.587. The van der Waals surface area contributed by atoms with Crippen LogP contribution in [0, 0.1) is 0 Å². The van der Waals surface area contributed by atoms with E-state index in [4.69, 9.17) is 39.5 Å². The molecule has 0 aromatic carbocycles. The van der Waals surface area contributed by atoms with Gasteiger partial charge in [-0.25, -0.2) is 4.98 Å². The van der Waals surface area contributed by atoms with E-state index >= 15 is 0 Å². The van der Waals surface area contributed by atoms with Crippen LogP contribution in [0.2, 0.25) is 10.3 Å². The van der Waals surface area contributed by atoms with E-state index in [1.807, 2.05) is 0 Å². The molecule has 1 heterocycles. The number of hydrogen-bond acceptors (Lipinski definition) is 2. The maximum atomic E-state index is 5.84. The molecule has 0 atom stereocenters. The Bertz CT molecular complexity index is 340. The summed E-state index contributed by atoms with van der Waals surface area (Å²) < 4.78 is 7.33. The highest BCUT2D eigenvalue weighted by atomic mass is 79.9. The van der Waals surface area contributed by atoms with Crippen LogP contribution in [0.1, 0.15) is 0 Å². The van der Waals surface area contributed by atoms with E-state index in [0.29, 0.717) is 16.5 Å². The fourth-order valence-electron chi connectivity index (χ4n) is 0.738. The number of nitrogens with zero attached hydrogens (tertiary/aromatic N) is 2. The lowest BCUT2D eigenvalue weighted by molar-refractivity contribution is 0.0988. The van der Waals surface area contributed by atoms with Crippen LogP contribution >= 0.6 is 50.7 Å². The first-order valence-electron chi connectivity index (χ1n) is 3.56. The second-order valence-electron chi connectivity index (χ2n) is 2.25. The summed E-state index contributed by atoms with van der Waals surface area (Å²) in [6, 6.07) is 0. The number of imidazole rings is 1. The van der Waals surface area contributed by atoms with Gasteiger partial charge in [0.25, 0.3) is 0 Å². The fourth-order valence-corrected chi connectivity index (χ4v) is 1.83. The lowest BCUT2D eigenvalue weighted by Gasteiger charge is -2.04. The molecule has 14 heavy (non-hydrogen) atoms. The zero-order valence-corrected chi connectivity index (χ0v) is 10.7. The molecule has 0 bridgehead atoms. The monoisotopic (exact) mass is 318 g/mol. The van der Waals surface area contributed by atoms with Crippen molar-refractivity contribution < 1.29 is 4.74 Å². The Hall–Kier alpha value is 0.260. The van der Waals surface area contributed by atoms with Gasteiger partial charge in [-0.2, -0.15) is 0 Å². The van der Waals surface area contributed by atoms with Gasteiger partial charge in [-0.1, -0.05) is 34.8 Å². The largest absolute Gasteiger partial charge is 0.357 e. The van der Waals surface area contributed by atoms with E-state index in [1.54, 1.807) is 10.6 Å². The summed E-state index contributed by atoms with van der Waals surface area (Å²) in [6.07, 6.45) is 1.67. The molecular formula is C7H6BrCl3N2O. The molecule has 0 amide bonds. The fraction of sp³-hybridized carbons (Fsp3) is 0.286. The minimum atomic E-state index is 0.245. The summed E-state index contributed by atoms with van der Waals surface area (Å²) in [7, 11) is 0. The van der Waals surface area contributed by atoms with Gasteiger partial charge < -0.3 is 4.74 Å². The lowest BCUT2D eigenvalue weighted by atomic mass is 10.7. The van der Waals surface area contributed by atoms with Crippen LogP contribution in [0.4, 0.5) is 0 Å². The van der Waals surface area contributed by atoms with Gasteiger partial charge in [0.2, 0.25) is 0 Å². The van der Waals surface area contributed by atoms with E-state index in [-0.39, 0.29) is 11.9 Å². The van der Waals surface area contributed by atoms with Gasteiger partial charge in [-0.15, -0.1) is 0 Å². The van der Waals surface area contributed by atoms with Crippen LogP contribution in [-0.2, 0) is 11.5 Å². The van der Waals surface area contributed by atoms with Crippen molar-refractivity contribution in [1.29, 1.82) is 0 Å². The molecule has 0 fully saturated rings. The van der Waals surface area contributed by atoms with Crippen LogP contribution in [0.3, 0.4) is 0 Å². The summed E-state index contributed by atoms with van der Waals surface area (Å²) in [4.78, 5) is 3.90. The molecule has 1 aromatic heterocycles. The first-order valence-corrected chi connectivity index (χ1v) is 5.55. The maximum Gasteiger partial charge on any atom is 0.181 e. The third-order valence-corrected chi connectivity index (χ3v) is 2.87. The minimum Gasteiger partial charge on any atom is -0.357 e. The second kappa shape index (κ2) is 5.98. The van der Waals surface area contributed by atoms with Crippen LogP contribution < -0.4 is 0 Å². The molecule has 0 radical (unpaired) electrons. The average Bonchev–Trinajstić information content (AvgIpc) is 2.38. The molecule has 0 aliphatic carbocycles. The molecule has 0 unspecified atom stereocenters. The van der Waals surface area contributed by atoms with Gasteiger partial charge in [-0.3, -0.25) is 4.57 Å². The van der Waals surface area contributed by atoms with Gasteiger partial charge in [0.1, 0.15) is 6.73 Å². The molecule has 0 aliphatic heterocycles. The van der Waals surface area contributed by atoms with Crippen LogP contribution in [0.15, 0.2) is 16.3 Å². The molecule has 1 rings (SSSR count). The summed E-state index contributed by atoms with van der Waals surface area (Å²) in [6.45, 7) is 0.669. The van der Waals surface area contributed by atoms with E-state index in [0.717, 1.165) is 0 Å². The second-order valence-corrected chi connectivity index (χ2v) is 3.93. The highest BCUT2D eigenvalue weighted by Crippen LogP contribution is 2.25. The number of halogens is 4. The predicted molar refractivity (Wildman–Crippen MR) is 60.9 cm³/mol. The summed E-state index contributed by atoms with van der Waals surface area (Å²) >= 11 is 20.0. The number of hydrogen-bond donors (Lipinski definition) is 0. The first-order chi connectivity index (χ1) is 6.66. The third-order valence-electron chi connectivity index (χ3n) is 1.34. The van der Waals surface area contributed by atoms with Crippen molar-refractivity contribution in [2.75, 3.05) is 6.61 Å². The van der Waals surface area contributed by atoms with Gasteiger partial charge in [-0.05, 0) is 22.0 Å². The molecule has 3 nitrogen and oxygen atoms in total. The van der Waals surface area contributed by atoms with E-state index in [1.165, 1.54) is 5.54 Å². The summed E-state index contributed by atoms with van der Waals surface area (Å²) in [5.41, 5.74) is 1.39. The maximum absolute atomic E-state index is 5.84. The minimum absolute atomic E-state index is 0.245. The van der Waals surface area contributed by atoms with Gasteiger partial charge in [0.15, 0.2) is 15.0 Å². The van der Waals surface area contributed by atoms with Crippen molar-refractivity contribution in [2.24, 2.45) is 0 Å². The Morgan fingerprint density at radius 2 is 2.21 bits per heavy atom. The van der Waals surface area contributed by atoms with Gasteiger partial charge in [0.05, 0.1) is 6.61 Å². The van der Waals surface area contributed by atoms with Crippen molar-refractivity contribution in [2.45, 2.75) is 6.73 Å². The van der Waals surface area contributed by atoms with Crippen molar-refractivity contribution in [3.8, 4) is 0 Å². The topological polar surface area (TPSA) is 27.1 Å².